The van der Waals surface area contributed by atoms with E-state index in [-0.39, 0.29) is 51.3 Å². The minimum absolute atomic E-state index is 0.000165. The maximum atomic E-state index is 14.9. The Kier molecular flexibility index (Phi) is 8.69. The van der Waals surface area contributed by atoms with Crippen molar-refractivity contribution in [1.29, 1.82) is 0 Å². The SMILES string of the molecule is CC(C)(C)C(NC(=O)NC1(CN2CCNCC2)CCCCC1)C(=O)N1C[C@]2(C[C@H]1C(=O)NC1CC3CCC3=C(N)C1=O)C(C)(C)C21CCC1. The average molecular weight is 680 g/mol. The van der Waals surface area contributed by atoms with Crippen LogP contribution in [0.4, 0.5) is 4.79 Å². The molecule has 4 saturated carbocycles. The molecule has 0 radical (unpaired) electrons. The van der Waals surface area contributed by atoms with Crippen LogP contribution in [0.5, 0.6) is 0 Å². The molecule has 0 aromatic rings. The second-order valence-corrected chi connectivity index (χ2v) is 18.4. The normalized spacial score (nSPS) is 33.7. The fraction of sp³-hybridized carbons (Fsp3) is 0.842. The summed E-state index contributed by atoms with van der Waals surface area (Å²) in [5.74, 6) is -0.434. The molecule has 7 aliphatic rings. The highest BCUT2D eigenvalue weighted by atomic mass is 16.2. The van der Waals surface area contributed by atoms with Crippen LogP contribution in [0.15, 0.2) is 11.3 Å². The smallest absolute Gasteiger partial charge is 0.315 e. The van der Waals surface area contributed by atoms with Gasteiger partial charge in [0.25, 0.3) is 0 Å². The number of piperazine rings is 1. The molecule has 5 aliphatic carbocycles. The second kappa shape index (κ2) is 12.2. The number of Topliss-reactive ketones (excluding diaryl/α,β-unsaturated/α-hetero) is 1. The van der Waals surface area contributed by atoms with Gasteiger partial charge in [-0.1, -0.05) is 60.3 Å². The van der Waals surface area contributed by atoms with E-state index in [9.17, 15) is 19.2 Å². The number of ketones is 1. The van der Waals surface area contributed by atoms with Crippen molar-refractivity contribution < 1.29 is 19.2 Å². The molecule has 3 unspecified atom stereocenters. The van der Waals surface area contributed by atoms with Crippen molar-refractivity contribution >= 4 is 23.6 Å². The van der Waals surface area contributed by atoms with Crippen LogP contribution in [0.3, 0.4) is 0 Å². The van der Waals surface area contributed by atoms with Gasteiger partial charge in [-0.3, -0.25) is 19.3 Å². The van der Waals surface area contributed by atoms with Gasteiger partial charge in [-0.25, -0.2) is 4.79 Å². The van der Waals surface area contributed by atoms with Crippen molar-refractivity contribution in [3.63, 3.8) is 0 Å². The Morgan fingerprint density at radius 3 is 2.27 bits per heavy atom. The number of nitrogens with one attached hydrogen (secondary N) is 4. The van der Waals surface area contributed by atoms with Crippen molar-refractivity contribution in [3.8, 4) is 0 Å². The van der Waals surface area contributed by atoms with Crippen molar-refractivity contribution in [2.75, 3.05) is 39.3 Å². The van der Waals surface area contributed by atoms with E-state index in [1.807, 2.05) is 20.8 Å². The van der Waals surface area contributed by atoms with Gasteiger partial charge in [0.2, 0.25) is 17.6 Å². The molecule has 272 valence electrons. The highest BCUT2D eigenvalue weighted by Gasteiger charge is 2.85. The van der Waals surface area contributed by atoms with Crippen molar-refractivity contribution in [3.05, 3.63) is 11.3 Å². The third-order valence-corrected chi connectivity index (χ3v) is 14.7. The zero-order valence-electron chi connectivity index (χ0n) is 30.6. The lowest BCUT2D eigenvalue weighted by Gasteiger charge is -2.43. The highest BCUT2D eigenvalue weighted by Crippen LogP contribution is 2.88. The molecular weight excluding hydrogens is 618 g/mol. The van der Waals surface area contributed by atoms with E-state index in [2.05, 4.69) is 40.0 Å². The summed E-state index contributed by atoms with van der Waals surface area (Å²) < 4.78 is 0. The second-order valence-electron chi connectivity index (χ2n) is 18.4. The molecule has 4 amide bonds. The molecule has 11 nitrogen and oxygen atoms in total. The van der Waals surface area contributed by atoms with Crippen LogP contribution in [0.1, 0.15) is 112 Å². The third kappa shape index (κ3) is 5.60. The maximum absolute atomic E-state index is 14.9. The van der Waals surface area contributed by atoms with Gasteiger partial charge in [-0.2, -0.15) is 0 Å². The molecule has 0 bridgehead atoms. The number of allylic oxidation sites excluding steroid dienone is 1. The number of hydrogen-bond acceptors (Lipinski definition) is 7. The Hall–Kier alpha value is -2.66. The van der Waals surface area contributed by atoms with E-state index in [1.54, 1.807) is 4.90 Å². The van der Waals surface area contributed by atoms with Crippen LogP contribution in [0.2, 0.25) is 0 Å². The van der Waals surface area contributed by atoms with Gasteiger partial charge in [-0.15, -0.1) is 0 Å². The third-order valence-electron chi connectivity index (χ3n) is 14.7. The van der Waals surface area contributed by atoms with Crippen molar-refractivity contribution in [2.45, 2.75) is 135 Å². The topological polar surface area (TPSA) is 149 Å². The zero-order chi connectivity index (χ0) is 35.0. The maximum Gasteiger partial charge on any atom is 0.315 e. The van der Waals surface area contributed by atoms with Crippen LogP contribution in [-0.2, 0) is 14.4 Å². The molecule has 11 heteroatoms. The van der Waals surface area contributed by atoms with Gasteiger partial charge in [0, 0.05) is 44.7 Å². The molecule has 0 aromatic carbocycles. The van der Waals surface area contributed by atoms with E-state index in [1.165, 1.54) is 12.8 Å². The number of nitrogens with two attached hydrogens (primary N) is 1. The zero-order valence-corrected chi connectivity index (χ0v) is 30.6. The molecular formula is C38H61N7O4. The van der Waals surface area contributed by atoms with E-state index >= 15 is 0 Å². The molecule has 6 N–H and O–H groups in total. The van der Waals surface area contributed by atoms with Crippen LogP contribution < -0.4 is 27.0 Å². The van der Waals surface area contributed by atoms with Gasteiger partial charge in [0.15, 0.2) is 0 Å². The van der Waals surface area contributed by atoms with E-state index < -0.39 is 23.5 Å². The lowest BCUT2D eigenvalue weighted by atomic mass is 9.69. The average Bonchev–Trinajstić information content (AvgIpc) is 3.22. The summed E-state index contributed by atoms with van der Waals surface area (Å²) in [4.78, 5) is 60.6. The summed E-state index contributed by atoms with van der Waals surface area (Å²) >= 11 is 0. The van der Waals surface area contributed by atoms with E-state index in [0.29, 0.717) is 25.1 Å². The largest absolute Gasteiger partial charge is 0.396 e. The highest BCUT2D eigenvalue weighted by molar-refractivity contribution is 6.03. The quantitative estimate of drug-likeness (QED) is 0.278. The number of hydrogen-bond donors (Lipinski definition) is 5. The molecule has 5 atom stereocenters. The number of nitrogens with zero attached hydrogens (tertiary/aromatic N) is 2. The van der Waals surface area contributed by atoms with Crippen LogP contribution in [0.25, 0.3) is 0 Å². The van der Waals surface area contributed by atoms with Gasteiger partial charge in [0.05, 0.1) is 17.3 Å². The summed E-state index contributed by atoms with van der Waals surface area (Å²) in [7, 11) is 0. The lowest BCUT2D eigenvalue weighted by molar-refractivity contribution is -0.142. The summed E-state index contributed by atoms with van der Waals surface area (Å²) in [6, 6.07) is -2.51. The number of likely N-dealkylation sites (tertiary alicyclic amines) is 1. The molecule has 2 heterocycles. The fourth-order valence-corrected chi connectivity index (χ4v) is 11.4. The monoisotopic (exact) mass is 679 g/mol. The molecule has 2 aliphatic heterocycles. The van der Waals surface area contributed by atoms with E-state index in [0.717, 1.165) is 89.7 Å². The van der Waals surface area contributed by atoms with Crippen molar-refractivity contribution in [2.24, 2.45) is 33.3 Å². The molecule has 2 spiro atoms. The first-order chi connectivity index (χ1) is 23.1. The molecule has 49 heavy (non-hydrogen) atoms. The first-order valence-corrected chi connectivity index (χ1v) is 19.3. The Bertz CT molecular complexity index is 1400. The fourth-order valence-electron chi connectivity index (χ4n) is 11.4. The number of carbonyl (C=O) groups is 4. The van der Waals surface area contributed by atoms with Crippen LogP contribution >= 0.6 is 0 Å². The van der Waals surface area contributed by atoms with Crippen LogP contribution in [0, 0.1) is 27.6 Å². The summed E-state index contributed by atoms with van der Waals surface area (Å²) in [5, 5.41) is 13.0. The molecule has 2 saturated heterocycles. The molecule has 7 rings (SSSR count). The Morgan fingerprint density at radius 2 is 1.69 bits per heavy atom. The van der Waals surface area contributed by atoms with Gasteiger partial charge >= 0.3 is 6.03 Å². The predicted molar refractivity (Wildman–Crippen MR) is 188 cm³/mol. The first kappa shape index (κ1) is 34.8. The number of fused-ring (bicyclic) bond motifs is 2. The van der Waals surface area contributed by atoms with Gasteiger partial charge in [0.1, 0.15) is 12.1 Å². The summed E-state index contributed by atoms with van der Waals surface area (Å²) in [6.07, 6.45) is 11.6. The van der Waals surface area contributed by atoms with Crippen LogP contribution in [-0.4, -0.2) is 96.4 Å². The minimum Gasteiger partial charge on any atom is -0.396 e. The summed E-state index contributed by atoms with van der Waals surface area (Å²) in [6.45, 7) is 15.7. The standard InChI is InChI=1S/C38H61N7O4/c1-34(2,3)30(42-33(49)43-36(12-7-6-8-13-36)22-44-18-16-40-17-19-44)32(48)45-23-38(35(4,5)37(38)14-9-15-37)21-27(45)31(47)41-26-20-24-10-11-25(24)28(39)29(26)46/h24,26-27,30,40H,6-23,39H2,1-5H3,(H,41,47)(H2,42,43,49)/t24?,26?,27-,30?,38+/m0/s1. The molecule has 6 fully saturated rings. The van der Waals surface area contributed by atoms with Gasteiger partial charge < -0.3 is 31.9 Å². The molecule has 0 aromatic heterocycles. The number of carbonyl (C=O) groups excluding carboxylic acids is 4. The summed E-state index contributed by atoms with van der Waals surface area (Å²) in [5.41, 5.74) is 6.63. The number of rotatable bonds is 7. The lowest BCUT2D eigenvalue weighted by Crippen LogP contribution is -2.64. The Morgan fingerprint density at radius 1 is 1.00 bits per heavy atom. The first-order valence-electron chi connectivity index (χ1n) is 19.3. The van der Waals surface area contributed by atoms with Gasteiger partial charge in [-0.05, 0) is 79.1 Å². The Labute approximate surface area is 292 Å². The number of urea groups is 1. The van der Waals surface area contributed by atoms with E-state index in [4.69, 9.17) is 5.73 Å². The van der Waals surface area contributed by atoms with Crippen molar-refractivity contribution in [1.82, 2.24) is 31.1 Å². The predicted octanol–water partition coefficient (Wildman–Crippen LogP) is 3.19. The number of amides is 4. The minimum atomic E-state index is -0.829. The Balaban J connectivity index is 1.11.